The number of hydrogen-bond acceptors (Lipinski definition) is 6. The number of rotatable bonds is 8. The first kappa shape index (κ1) is 18.1. The SMILES string of the molecule is O=C(CC(c1ccsc1)n1cccc1)NCCc1nc(-c2ccccn2)no1. The maximum absolute atomic E-state index is 12.5. The third-order valence-electron chi connectivity index (χ3n) is 4.32. The zero-order valence-corrected chi connectivity index (χ0v) is 15.9. The summed E-state index contributed by atoms with van der Waals surface area (Å²) in [6.07, 6.45) is 6.48. The second-order valence-corrected chi connectivity index (χ2v) is 7.01. The topological polar surface area (TPSA) is 85.8 Å². The number of carbonyl (C=O) groups excluding carboxylic acids is 1. The fourth-order valence-corrected chi connectivity index (χ4v) is 3.63. The minimum atomic E-state index is -0.0191. The molecule has 4 rings (SSSR count). The fourth-order valence-electron chi connectivity index (χ4n) is 2.93. The molecule has 8 heteroatoms. The summed E-state index contributed by atoms with van der Waals surface area (Å²) in [5.41, 5.74) is 1.79. The van der Waals surface area contributed by atoms with Crippen molar-refractivity contribution >= 4 is 17.2 Å². The number of pyridine rings is 1. The zero-order chi connectivity index (χ0) is 19.2. The van der Waals surface area contributed by atoms with Crippen LogP contribution >= 0.6 is 11.3 Å². The van der Waals surface area contributed by atoms with E-state index in [-0.39, 0.29) is 11.9 Å². The van der Waals surface area contributed by atoms with Crippen LogP contribution < -0.4 is 5.32 Å². The van der Waals surface area contributed by atoms with Crippen molar-refractivity contribution in [2.45, 2.75) is 18.9 Å². The monoisotopic (exact) mass is 393 g/mol. The molecule has 0 saturated heterocycles. The van der Waals surface area contributed by atoms with Crippen molar-refractivity contribution < 1.29 is 9.32 Å². The highest BCUT2D eigenvalue weighted by atomic mass is 32.1. The van der Waals surface area contributed by atoms with E-state index in [4.69, 9.17) is 4.52 Å². The van der Waals surface area contributed by atoms with Gasteiger partial charge in [0.1, 0.15) is 5.69 Å². The Morgan fingerprint density at radius 1 is 1.21 bits per heavy atom. The van der Waals surface area contributed by atoms with Crippen molar-refractivity contribution in [1.82, 2.24) is 25.0 Å². The quantitative estimate of drug-likeness (QED) is 0.496. The molecule has 4 heterocycles. The summed E-state index contributed by atoms with van der Waals surface area (Å²) < 4.78 is 7.30. The second-order valence-electron chi connectivity index (χ2n) is 6.23. The third kappa shape index (κ3) is 4.34. The highest BCUT2D eigenvalue weighted by molar-refractivity contribution is 7.08. The molecule has 0 aliphatic heterocycles. The summed E-state index contributed by atoms with van der Waals surface area (Å²) >= 11 is 1.63. The third-order valence-corrected chi connectivity index (χ3v) is 5.02. The Kier molecular flexibility index (Phi) is 5.58. The minimum absolute atomic E-state index is 0.0135. The van der Waals surface area contributed by atoms with Crippen LogP contribution in [0.1, 0.15) is 23.9 Å². The van der Waals surface area contributed by atoms with E-state index in [9.17, 15) is 4.79 Å². The van der Waals surface area contributed by atoms with E-state index >= 15 is 0 Å². The predicted molar refractivity (Wildman–Crippen MR) is 106 cm³/mol. The molecule has 28 heavy (non-hydrogen) atoms. The zero-order valence-electron chi connectivity index (χ0n) is 15.1. The Morgan fingerprint density at radius 2 is 2.11 bits per heavy atom. The molecular formula is C20H19N5O2S. The van der Waals surface area contributed by atoms with E-state index in [1.165, 1.54) is 0 Å². The molecule has 0 aliphatic carbocycles. The predicted octanol–water partition coefficient (Wildman–Crippen LogP) is 3.33. The van der Waals surface area contributed by atoms with Gasteiger partial charge < -0.3 is 14.4 Å². The van der Waals surface area contributed by atoms with Gasteiger partial charge in [0.15, 0.2) is 0 Å². The molecule has 0 spiro atoms. The van der Waals surface area contributed by atoms with Crippen LogP contribution in [0.15, 0.2) is 70.3 Å². The molecular weight excluding hydrogens is 374 g/mol. The molecule has 0 aliphatic rings. The maximum atomic E-state index is 12.5. The van der Waals surface area contributed by atoms with Crippen LogP contribution in [0.4, 0.5) is 0 Å². The van der Waals surface area contributed by atoms with E-state index < -0.39 is 0 Å². The van der Waals surface area contributed by atoms with Gasteiger partial charge in [0.25, 0.3) is 0 Å². The molecule has 7 nitrogen and oxygen atoms in total. The minimum Gasteiger partial charge on any atom is -0.356 e. The van der Waals surface area contributed by atoms with Gasteiger partial charge in [0.05, 0.1) is 12.5 Å². The number of nitrogens with zero attached hydrogens (tertiary/aromatic N) is 4. The lowest BCUT2D eigenvalue weighted by atomic mass is 10.1. The molecule has 1 N–H and O–H groups in total. The van der Waals surface area contributed by atoms with Gasteiger partial charge in [-0.2, -0.15) is 16.3 Å². The molecule has 4 aromatic heterocycles. The van der Waals surface area contributed by atoms with Gasteiger partial charge in [-0.25, -0.2) is 0 Å². The molecule has 0 saturated carbocycles. The number of aromatic nitrogens is 4. The van der Waals surface area contributed by atoms with Crippen molar-refractivity contribution in [1.29, 1.82) is 0 Å². The number of carbonyl (C=O) groups is 1. The Labute approximate surface area is 166 Å². The molecule has 1 unspecified atom stereocenters. The average Bonchev–Trinajstić information content (AvgIpc) is 3.49. The fraction of sp³-hybridized carbons (Fsp3) is 0.200. The van der Waals surface area contributed by atoms with Crippen LogP contribution in [0.3, 0.4) is 0 Å². The number of nitrogens with one attached hydrogen (secondary N) is 1. The first-order valence-electron chi connectivity index (χ1n) is 8.95. The summed E-state index contributed by atoms with van der Waals surface area (Å²) in [4.78, 5) is 21.0. The first-order chi connectivity index (χ1) is 13.8. The van der Waals surface area contributed by atoms with Crippen molar-refractivity contribution in [3.63, 3.8) is 0 Å². The summed E-state index contributed by atoms with van der Waals surface area (Å²) in [5, 5.41) is 11.0. The molecule has 1 atom stereocenters. The lowest BCUT2D eigenvalue weighted by molar-refractivity contribution is -0.121. The Hall–Kier alpha value is -3.26. The van der Waals surface area contributed by atoms with Gasteiger partial charge in [0.2, 0.25) is 17.6 Å². The van der Waals surface area contributed by atoms with Gasteiger partial charge >= 0.3 is 0 Å². The van der Waals surface area contributed by atoms with Crippen molar-refractivity contribution in [2.75, 3.05) is 6.54 Å². The number of hydrogen-bond donors (Lipinski definition) is 1. The average molecular weight is 393 g/mol. The van der Waals surface area contributed by atoms with Crippen molar-refractivity contribution in [3.05, 3.63) is 77.2 Å². The molecule has 1 amide bonds. The van der Waals surface area contributed by atoms with E-state index in [0.29, 0.717) is 36.8 Å². The molecule has 0 bridgehead atoms. The van der Waals surface area contributed by atoms with E-state index in [1.807, 2.05) is 48.1 Å². The number of amides is 1. The van der Waals surface area contributed by atoms with Crippen LogP contribution in [0, 0.1) is 0 Å². The lowest BCUT2D eigenvalue weighted by Crippen LogP contribution is -2.28. The van der Waals surface area contributed by atoms with Gasteiger partial charge in [-0.15, -0.1) is 0 Å². The second kappa shape index (κ2) is 8.62. The van der Waals surface area contributed by atoms with Gasteiger partial charge in [-0.1, -0.05) is 11.2 Å². The largest absolute Gasteiger partial charge is 0.356 e. The van der Waals surface area contributed by atoms with Crippen molar-refractivity contribution in [3.8, 4) is 11.5 Å². The summed E-state index contributed by atoms with van der Waals surface area (Å²) in [6.45, 7) is 0.435. The van der Waals surface area contributed by atoms with Gasteiger partial charge in [-0.05, 0) is 46.7 Å². The smallest absolute Gasteiger partial charge is 0.228 e. The Bertz CT molecular complexity index is 962. The molecule has 4 aromatic rings. The van der Waals surface area contributed by atoms with Crippen LogP contribution in [0.5, 0.6) is 0 Å². The Balaban J connectivity index is 1.31. The molecule has 0 aromatic carbocycles. The maximum Gasteiger partial charge on any atom is 0.228 e. The van der Waals surface area contributed by atoms with Crippen LogP contribution in [0.25, 0.3) is 11.5 Å². The van der Waals surface area contributed by atoms with Gasteiger partial charge in [0, 0.05) is 31.6 Å². The van der Waals surface area contributed by atoms with E-state index in [2.05, 4.69) is 36.5 Å². The molecule has 0 radical (unpaired) electrons. The van der Waals surface area contributed by atoms with Gasteiger partial charge in [-0.3, -0.25) is 9.78 Å². The molecule has 0 fully saturated rings. The van der Waals surface area contributed by atoms with Crippen molar-refractivity contribution in [2.24, 2.45) is 0 Å². The lowest BCUT2D eigenvalue weighted by Gasteiger charge is -2.17. The highest BCUT2D eigenvalue weighted by Crippen LogP contribution is 2.24. The summed E-state index contributed by atoms with van der Waals surface area (Å²) in [7, 11) is 0. The molecule has 142 valence electrons. The normalized spacial score (nSPS) is 12.0. The first-order valence-corrected chi connectivity index (χ1v) is 9.89. The Morgan fingerprint density at radius 3 is 2.86 bits per heavy atom. The van der Waals surface area contributed by atoms with Crippen LogP contribution in [-0.2, 0) is 11.2 Å². The highest BCUT2D eigenvalue weighted by Gasteiger charge is 2.18. The summed E-state index contributed by atoms with van der Waals surface area (Å²) in [6, 6.07) is 11.5. The van der Waals surface area contributed by atoms with Crippen LogP contribution in [0.2, 0.25) is 0 Å². The number of thiophene rings is 1. The van der Waals surface area contributed by atoms with E-state index in [1.54, 1.807) is 17.5 Å². The van der Waals surface area contributed by atoms with Crippen LogP contribution in [-0.4, -0.2) is 32.1 Å². The standard InChI is InChI=1S/C20H19N5O2S/c26-18(13-17(15-7-12-28-14-15)25-10-3-4-11-25)22-9-6-19-23-20(24-27-19)16-5-1-2-8-21-16/h1-5,7-8,10-12,14,17H,6,9,13H2,(H,22,26). The van der Waals surface area contributed by atoms with E-state index in [0.717, 1.165) is 5.56 Å². The summed E-state index contributed by atoms with van der Waals surface area (Å²) in [5.74, 6) is 0.905.